The summed E-state index contributed by atoms with van der Waals surface area (Å²) in [6.07, 6.45) is 0. The number of piperazine rings is 1. The van der Waals surface area contributed by atoms with Gasteiger partial charge in [-0.1, -0.05) is 59.1 Å². The molecular formula is C25H29Cl2N5S. The van der Waals surface area contributed by atoms with E-state index >= 15 is 0 Å². The molecule has 0 bridgehead atoms. The van der Waals surface area contributed by atoms with E-state index in [1.165, 1.54) is 11.1 Å². The Morgan fingerprint density at radius 2 is 1.58 bits per heavy atom. The fourth-order valence-electron chi connectivity index (χ4n) is 4.10. The zero-order chi connectivity index (χ0) is 23.5. The van der Waals surface area contributed by atoms with Crippen molar-refractivity contribution in [2.75, 3.05) is 31.5 Å². The predicted octanol–water partition coefficient (Wildman–Crippen LogP) is 5.68. The average Bonchev–Trinajstić information content (AvgIpc) is 3.05. The highest BCUT2D eigenvalue weighted by molar-refractivity contribution is 7.80. The van der Waals surface area contributed by atoms with Crippen LogP contribution in [-0.2, 0) is 13.1 Å². The molecule has 0 aliphatic carbocycles. The summed E-state index contributed by atoms with van der Waals surface area (Å²) in [6, 6.07) is 14.2. The summed E-state index contributed by atoms with van der Waals surface area (Å²) in [6.45, 7) is 11.2. The Balaban J connectivity index is 1.35. The lowest BCUT2D eigenvalue weighted by Crippen LogP contribution is -2.49. The highest BCUT2D eigenvalue weighted by atomic mass is 35.5. The van der Waals surface area contributed by atoms with Crippen molar-refractivity contribution < 1.29 is 0 Å². The van der Waals surface area contributed by atoms with E-state index in [4.69, 9.17) is 40.5 Å². The van der Waals surface area contributed by atoms with Crippen LogP contribution in [0.1, 0.15) is 28.1 Å². The standard InChI is InChI=1S/C25H29Cl2N5S/c1-17-7-9-20(10-8-17)15-32-19(3)24(18(2)29-32)28-25(33)31-13-11-30(12-14-31)16-21-22(26)5-4-6-23(21)27/h4-10H,11-16H2,1-3H3,(H,28,33). The number of aryl methyl sites for hydroxylation is 2. The molecule has 1 saturated heterocycles. The van der Waals surface area contributed by atoms with Gasteiger partial charge in [0.1, 0.15) is 0 Å². The lowest BCUT2D eigenvalue weighted by Gasteiger charge is -2.36. The molecular weight excluding hydrogens is 473 g/mol. The van der Waals surface area contributed by atoms with Crippen molar-refractivity contribution >= 4 is 46.2 Å². The average molecular weight is 503 g/mol. The molecule has 0 atom stereocenters. The van der Waals surface area contributed by atoms with Gasteiger partial charge < -0.3 is 10.2 Å². The molecule has 0 unspecified atom stereocenters. The fourth-order valence-corrected chi connectivity index (χ4v) is 4.90. The molecule has 5 nitrogen and oxygen atoms in total. The second-order valence-corrected chi connectivity index (χ2v) is 9.78. The number of hydrogen-bond donors (Lipinski definition) is 1. The molecule has 4 rings (SSSR count). The van der Waals surface area contributed by atoms with E-state index in [0.717, 1.165) is 77.1 Å². The van der Waals surface area contributed by atoms with Crippen LogP contribution in [-0.4, -0.2) is 50.9 Å². The Kier molecular flexibility index (Phi) is 7.59. The van der Waals surface area contributed by atoms with Gasteiger partial charge in [-0.15, -0.1) is 0 Å². The predicted molar refractivity (Wildman–Crippen MR) is 142 cm³/mol. The van der Waals surface area contributed by atoms with Crippen molar-refractivity contribution in [3.8, 4) is 0 Å². The van der Waals surface area contributed by atoms with Crippen LogP contribution in [0, 0.1) is 20.8 Å². The van der Waals surface area contributed by atoms with E-state index in [-0.39, 0.29) is 0 Å². The van der Waals surface area contributed by atoms with Crippen LogP contribution in [0.25, 0.3) is 0 Å². The van der Waals surface area contributed by atoms with Gasteiger partial charge in [0.25, 0.3) is 0 Å². The molecule has 1 N–H and O–H groups in total. The Labute approximate surface area is 211 Å². The van der Waals surface area contributed by atoms with Crippen LogP contribution >= 0.6 is 35.4 Å². The Hall–Kier alpha value is -2.12. The molecule has 1 aliphatic heterocycles. The van der Waals surface area contributed by atoms with Crippen LogP contribution in [0.15, 0.2) is 42.5 Å². The summed E-state index contributed by atoms with van der Waals surface area (Å²) in [7, 11) is 0. The lowest BCUT2D eigenvalue weighted by atomic mass is 10.1. The van der Waals surface area contributed by atoms with Gasteiger partial charge in [0.15, 0.2) is 5.11 Å². The van der Waals surface area contributed by atoms with Crippen molar-refractivity contribution in [2.45, 2.75) is 33.9 Å². The molecule has 8 heteroatoms. The van der Waals surface area contributed by atoms with Crippen LogP contribution in [0.4, 0.5) is 5.69 Å². The number of rotatable bonds is 5. The van der Waals surface area contributed by atoms with Crippen LogP contribution in [0.3, 0.4) is 0 Å². The summed E-state index contributed by atoms with van der Waals surface area (Å²) in [5, 5.41) is 10.4. The Morgan fingerprint density at radius 1 is 0.939 bits per heavy atom. The number of benzene rings is 2. The number of hydrogen-bond acceptors (Lipinski definition) is 3. The van der Waals surface area contributed by atoms with Crippen molar-refractivity contribution in [1.29, 1.82) is 0 Å². The Morgan fingerprint density at radius 3 is 2.21 bits per heavy atom. The number of halogens is 2. The van der Waals surface area contributed by atoms with Crippen LogP contribution in [0.2, 0.25) is 10.0 Å². The van der Waals surface area contributed by atoms with Gasteiger partial charge in [-0.25, -0.2) is 0 Å². The maximum atomic E-state index is 6.35. The van der Waals surface area contributed by atoms with Gasteiger partial charge in [0.05, 0.1) is 23.6 Å². The van der Waals surface area contributed by atoms with E-state index in [2.05, 4.69) is 53.2 Å². The van der Waals surface area contributed by atoms with E-state index in [0.29, 0.717) is 0 Å². The quantitative estimate of drug-likeness (QED) is 0.455. The third kappa shape index (κ3) is 5.69. The molecule has 33 heavy (non-hydrogen) atoms. The summed E-state index contributed by atoms with van der Waals surface area (Å²) in [4.78, 5) is 4.58. The minimum atomic E-state index is 0.718. The van der Waals surface area contributed by atoms with Crippen molar-refractivity contribution in [2.24, 2.45) is 0 Å². The molecule has 2 heterocycles. The summed E-state index contributed by atoms with van der Waals surface area (Å²) >= 11 is 18.5. The van der Waals surface area contributed by atoms with E-state index < -0.39 is 0 Å². The zero-order valence-electron chi connectivity index (χ0n) is 19.2. The number of thiocarbonyl (C=S) groups is 1. The van der Waals surface area contributed by atoms with E-state index in [1.807, 2.05) is 29.8 Å². The maximum Gasteiger partial charge on any atom is 0.173 e. The first-order valence-corrected chi connectivity index (χ1v) is 12.3. The van der Waals surface area contributed by atoms with Crippen LogP contribution < -0.4 is 5.32 Å². The number of nitrogens with zero attached hydrogens (tertiary/aromatic N) is 4. The monoisotopic (exact) mass is 501 g/mol. The number of nitrogens with one attached hydrogen (secondary N) is 1. The molecule has 174 valence electrons. The number of aromatic nitrogens is 2. The highest BCUT2D eigenvalue weighted by Gasteiger charge is 2.22. The molecule has 0 amide bonds. The van der Waals surface area contributed by atoms with Gasteiger partial charge in [-0.05, 0) is 50.7 Å². The summed E-state index contributed by atoms with van der Waals surface area (Å²) < 4.78 is 2.04. The zero-order valence-corrected chi connectivity index (χ0v) is 21.6. The topological polar surface area (TPSA) is 36.3 Å². The normalized spacial score (nSPS) is 14.5. The minimum Gasteiger partial charge on any atom is -0.346 e. The first kappa shape index (κ1) is 24.0. The first-order valence-electron chi connectivity index (χ1n) is 11.1. The first-order chi connectivity index (χ1) is 15.8. The van der Waals surface area contributed by atoms with E-state index in [1.54, 1.807) is 0 Å². The van der Waals surface area contributed by atoms with Crippen molar-refractivity contribution in [3.63, 3.8) is 0 Å². The second-order valence-electron chi connectivity index (χ2n) is 8.58. The van der Waals surface area contributed by atoms with Gasteiger partial charge in [-0.2, -0.15) is 5.10 Å². The largest absolute Gasteiger partial charge is 0.346 e. The maximum absolute atomic E-state index is 6.35. The third-order valence-corrected chi connectivity index (χ3v) is 7.24. The molecule has 1 fully saturated rings. The number of anilines is 1. The van der Waals surface area contributed by atoms with Crippen molar-refractivity contribution in [3.05, 3.63) is 80.6 Å². The molecule has 0 radical (unpaired) electrons. The minimum absolute atomic E-state index is 0.718. The molecule has 2 aromatic carbocycles. The van der Waals surface area contributed by atoms with Gasteiger partial charge in [-0.3, -0.25) is 9.58 Å². The fraction of sp³-hybridized carbons (Fsp3) is 0.360. The van der Waals surface area contributed by atoms with E-state index in [9.17, 15) is 0 Å². The molecule has 0 spiro atoms. The summed E-state index contributed by atoms with van der Waals surface area (Å²) in [5.41, 5.74) is 6.51. The third-order valence-electron chi connectivity index (χ3n) is 6.17. The molecule has 1 aromatic heterocycles. The van der Waals surface area contributed by atoms with Crippen LogP contribution in [0.5, 0.6) is 0 Å². The summed E-state index contributed by atoms with van der Waals surface area (Å²) in [5.74, 6) is 0. The van der Waals surface area contributed by atoms with Gasteiger partial charge >= 0.3 is 0 Å². The molecule has 0 saturated carbocycles. The SMILES string of the molecule is Cc1ccc(Cn2nc(C)c(NC(=S)N3CCN(Cc4c(Cl)cccc4Cl)CC3)c2C)cc1. The lowest BCUT2D eigenvalue weighted by molar-refractivity contribution is 0.177. The van der Waals surface area contributed by atoms with Gasteiger partial charge in [0, 0.05) is 48.3 Å². The molecule has 3 aromatic rings. The van der Waals surface area contributed by atoms with Crippen molar-refractivity contribution in [1.82, 2.24) is 19.6 Å². The molecule has 1 aliphatic rings. The smallest absolute Gasteiger partial charge is 0.173 e. The second kappa shape index (κ2) is 10.4. The Bertz CT molecular complexity index is 1110. The highest BCUT2D eigenvalue weighted by Crippen LogP contribution is 2.26. The van der Waals surface area contributed by atoms with Gasteiger partial charge in [0.2, 0.25) is 0 Å².